The zero-order chi connectivity index (χ0) is 17.5. The van der Waals surface area contributed by atoms with Crippen LogP contribution in [-0.2, 0) is 4.74 Å². The fourth-order valence-electron chi connectivity index (χ4n) is 3.07. The number of amides is 1. The van der Waals surface area contributed by atoms with E-state index in [2.05, 4.69) is 0 Å². The predicted molar refractivity (Wildman–Crippen MR) is 98.1 cm³/mol. The number of para-hydroxylation sites is 2. The third-order valence-electron chi connectivity index (χ3n) is 4.46. The summed E-state index contributed by atoms with van der Waals surface area (Å²) >= 11 is 0. The SMILES string of the molecule is CCN(CC1CCCCO1)C(=O)c1ccccc1Oc1ccccc1. The highest BCUT2D eigenvalue weighted by atomic mass is 16.5. The molecule has 0 radical (unpaired) electrons. The summed E-state index contributed by atoms with van der Waals surface area (Å²) in [7, 11) is 0. The molecule has 0 aliphatic carbocycles. The molecule has 25 heavy (non-hydrogen) atoms. The number of ether oxygens (including phenoxy) is 2. The molecule has 0 saturated carbocycles. The molecule has 1 aliphatic rings. The van der Waals surface area contributed by atoms with Gasteiger partial charge < -0.3 is 14.4 Å². The van der Waals surface area contributed by atoms with E-state index in [0.717, 1.165) is 25.2 Å². The lowest BCUT2D eigenvalue weighted by Gasteiger charge is -2.29. The van der Waals surface area contributed by atoms with Crippen LogP contribution in [0.5, 0.6) is 11.5 Å². The minimum absolute atomic E-state index is 0.0109. The Balaban J connectivity index is 1.76. The van der Waals surface area contributed by atoms with Gasteiger partial charge in [0.25, 0.3) is 5.91 Å². The number of carbonyl (C=O) groups excluding carboxylic acids is 1. The Morgan fingerprint density at radius 1 is 1.12 bits per heavy atom. The number of carbonyl (C=O) groups is 1. The maximum absolute atomic E-state index is 13.1. The molecular weight excluding hydrogens is 314 g/mol. The van der Waals surface area contributed by atoms with Gasteiger partial charge in [-0.1, -0.05) is 30.3 Å². The van der Waals surface area contributed by atoms with Crippen LogP contribution >= 0.6 is 0 Å². The van der Waals surface area contributed by atoms with Gasteiger partial charge in [0.05, 0.1) is 11.7 Å². The molecule has 4 heteroatoms. The molecule has 0 bridgehead atoms. The zero-order valence-electron chi connectivity index (χ0n) is 14.7. The van der Waals surface area contributed by atoms with E-state index < -0.39 is 0 Å². The summed E-state index contributed by atoms with van der Waals surface area (Å²) in [5.41, 5.74) is 0.587. The maximum Gasteiger partial charge on any atom is 0.257 e. The number of benzene rings is 2. The monoisotopic (exact) mass is 339 g/mol. The van der Waals surface area contributed by atoms with Gasteiger partial charge in [0.15, 0.2) is 0 Å². The second-order valence-corrected chi connectivity index (χ2v) is 6.24. The summed E-state index contributed by atoms with van der Waals surface area (Å²) < 4.78 is 11.7. The molecule has 1 amide bonds. The average molecular weight is 339 g/mol. The van der Waals surface area contributed by atoms with Crippen molar-refractivity contribution < 1.29 is 14.3 Å². The lowest BCUT2D eigenvalue weighted by molar-refractivity contribution is -0.00316. The molecule has 1 fully saturated rings. The minimum atomic E-state index is -0.0109. The Morgan fingerprint density at radius 3 is 2.60 bits per heavy atom. The minimum Gasteiger partial charge on any atom is -0.457 e. The van der Waals surface area contributed by atoms with Crippen molar-refractivity contribution in [3.8, 4) is 11.5 Å². The van der Waals surface area contributed by atoms with E-state index in [9.17, 15) is 4.79 Å². The third kappa shape index (κ3) is 4.60. The van der Waals surface area contributed by atoms with Crippen LogP contribution in [-0.4, -0.2) is 36.6 Å². The number of rotatable bonds is 6. The fraction of sp³-hybridized carbons (Fsp3) is 0.381. The van der Waals surface area contributed by atoms with Gasteiger partial charge >= 0.3 is 0 Å². The molecule has 0 N–H and O–H groups in total. The fourth-order valence-corrected chi connectivity index (χ4v) is 3.07. The number of nitrogens with zero attached hydrogens (tertiary/aromatic N) is 1. The summed E-state index contributed by atoms with van der Waals surface area (Å²) in [5, 5.41) is 0. The van der Waals surface area contributed by atoms with E-state index >= 15 is 0 Å². The molecule has 1 saturated heterocycles. The standard InChI is InChI=1S/C21H25NO3/c1-2-22(16-18-12-8-9-15-24-18)21(23)19-13-6-7-14-20(19)25-17-10-4-3-5-11-17/h3-7,10-11,13-14,18H,2,8-9,12,15-16H2,1H3. The molecule has 1 aliphatic heterocycles. The Morgan fingerprint density at radius 2 is 1.88 bits per heavy atom. The van der Waals surface area contributed by atoms with Gasteiger partial charge in [0.1, 0.15) is 11.5 Å². The van der Waals surface area contributed by atoms with Crippen LogP contribution in [0.4, 0.5) is 0 Å². The van der Waals surface area contributed by atoms with Gasteiger partial charge in [-0.25, -0.2) is 0 Å². The van der Waals surface area contributed by atoms with Gasteiger partial charge in [-0.05, 0) is 50.5 Å². The van der Waals surface area contributed by atoms with Crippen molar-refractivity contribution in [2.24, 2.45) is 0 Å². The van der Waals surface area contributed by atoms with E-state index in [0.29, 0.717) is 24.4 Å². The van der Waals surface area contributed by atoms with Crippen molar-refractivity contribution in [2.75, 3.05) is 19.7 Å². The topological polar surface area (TPSA) is 38.8 Å². The Bertz CT molecular complexity index is 681. The van der Waals surface area contributed by atoms with Crippen molar-refractivity contribution in [3.05, 3.63) is 60.2 Å². The molecule has 1 unspecified atom stereocenters. The van der Waals surface area contributed by atoms with Crippen LogP contribution in [0.1, 0.15) is 36.5 Å². The molecule has 1 atom stereocenters. The summed E-state index contributed by atoms with van der Waals surface area (Å²) in [5.74, 6) is 1.30. The molecule has 0 spiro atoms. The van der Waals surface area contributed by atoms with Crippen LogP contribution in [0, 0.1) is 0 Å². The van der Waals surface area contributed by atoms with Crippen molar-refractivity contribution in [2.45, 2.75) is 32.3 Å². The normalized spacial score (nSPS) is 17.1. The highest BCUT2D eigenvalue weighted by Crippen LogP contribution is 2.26. The first-order valence-corrected chi connectivity index (χ1v) is 9.00. The van der Waals surface area contributed by atoms with Gasteiger partial charge in [0, 0.05) is 19.7 Å². The molecule has 1 heterocycles. The van der Waals surface area contributed by atoms with Gasteiger partial charge in [-0.3, -0.25) is 4.79 Å². The van der Waals surface area contributed by atoms with E-state index in [1.807, 2.05) is 66.4 Å². The van der Waals surface area contributed by atoms with E-state index in [1.54, 1.807) is 0 Å². The van der Waals surface area contributed by atoms with Gasteiger partial charge in [-0.15, -0.1) is 0 Å². The van der Waals surface area contributed by atoms with Gasteiger partial charge in [-0.2, -0.15) is 0 Å². The Kier molecular flexibility index (Phi) is 6.07. The van der Waals surface area contributed by atoms with Crippen molar-refractivity contribution in [1.82, 2.24) is 4.90 Å². The van der Waals surface area contributed by atoms with Gasteiger partial charge in [0.2, 0.25) is 0 Å². The molecular formula is C21H25NO3. The molecule has 2 aromatic carbocycles. The van der Waals surface area contributed by atoms with Crippen LogP contribution < -0.4 is 4.74 Å². The predicted octanol–water partition coefficient (Wildman–Crippen LogP) is 4.51. The zero-order valence-corrected chi connectivity index (χ0v) is 14.7. The summed E-state index contributed by atoms with van der Waals surface area (Å²) in [6.07, 6.45) is 3.44. The molecule has 3 rings (SSSR count). The summed E-state index contributed by atoms with van der Waals surface area (Å²) in [4.78, 5) is 14.9. The van der Waals surface area contributed by atoms with Crippen LogP contribution in [0.2, 0.25) is 0 Å². The van der Waals surface area contributed by atoms with Crippen molar-refractivity contribution >= 4 is 5.91 Å². The number of hydrogen-bond donors (Lipinski definition) is 0. The summed E-state index contributed by atoms with van der Waals surface area (Å²) in [6.45, 7) is 4.08. The summed E-state index contributed by atoms with van der Waals surface area (Å²) in [6, 6.07) is 17.0. The second-order valence-electron chi connectivity index (χ2n) is 6.24. The van der Waals surface area contributed by atoms with Crippen LogP contribution in [0.25, 0.3) is 0 Å². The smallest absolute Gasteiger partial charge is 0.257 e. The van der Waals surface area contributed by atoms with E-state index in [4.69, 9.17) is 9.47 Å². The highest BCUT2D eigenvalue weighted by Gasteiger charge is 2.23. The quantitative estimate of drug-likeness (QED) is 0.777. The first-order chi connectivity index (χ1) is 12.3. The first kappa shape index (κ1) is 17.5. The van der Waals surface area contributed by atoms with E-state index in [-0.39, 0.29) is 12.0 Å². The molecule has 2 aromatic rings. The highest BCUT2D eigenvalue weighted by molar-refractivity contribution is 5.97. The average Bonchev–Trinajstić information content (AvgIpc) is 2.68. The van der Waals surface area contributed by atoms with Crippen LogP contribution in [0.15, 0.2) is 54.6 Å². The maximum atomic E-state index is 13.1. The molecule has 132 valence electrons. The largest absolute Gasteiger partial charge is 0.457 e. The Hall–Kier alpha value is -2.33. The third-order valence-corrected chi connectivity index (χ3v) is 4.46. The van der Waals surface area contributed by atoms with Crippen molar-refractivity contribution in [3.63, 3.8) is 0 Å². The van der Waals surface area contributed by atoms with Crippen molar-refractivity contribution in [1.29, 1.82) is 0 Å². The Labute approximate surface area is 149 Å². The number of hydrogen-bond acceptors (Lipinski definition) is 3. The lowest BCUT2D eigenvalue weighted by atomic mass is 10.1. The lowest BCUT2D eigenvalue weighted by Crippen LogP contribution is -2.39. The first-order valence-electron chi connectivity index (χ1n) is 9.00. The van der Waals surface area contributed by atoms with E-state index in [1.165, 1.54) is 6.42 Å². The second kappa shape index (κ2) is 8.67. The number of likely N-dealkylation sites (N-methyl/N-ethyl adjacent to an activating group) is 1. The molecule has 0 aromatic heterocycles. The molecule has 4 nitrogen and oxygen atoms in total. The van der Waals surface area contributed by atoms with Crippen LogP contribution in [0.3, 0.4) is 0 Å².